The molecule has 2 unspecified atom stereocenters. The van der Waals surface area contributed by atoms with E-state index >= 15 is 0 Å². The van der Waals surface area contributed by atoms with Crippen molar-refractivity contribution in [2.45, 2.75) is 76.4 Å². The lowest BCUT2D eigenvalue weighted by atomic mass is 9.98. The van der Waals surface area contributed by atoms with Gasteiger partial charge >= 0.3 is 13.4 Å². The molecule has 2 atom stereocenters. The SMILES string of the molecule is O=P(Cl)(CP(=O)(Cl)OC1CCCCC1)OC1CCCCC1. The van der Waals surface area contributed by atoms with E-state index in [0.29, 0.717) is 0 Å². The topological polar surface area (TPSA) is 52.6 Å². The molecule has 0 heterocycles. The molecule has 2 rings (SSSR count). The molecule has 0 saturated heterocycles. The number of rotatable bonds is 6. The van der Waals surface area contributed by atoms with Gasteiger partial charge in [-0.25, -0.2) is 0 Å². The molecule has 0 N–H and O–H groups in total. The van der Waals surface area contributed by atoms with Crippen LogP contribution in [-0.2, 0) is 18.2 Å². The number of halogens is 2. The first-order valence-electron chi connectivity index (χ1n) is 7.81. The van der Waals surface area contributed by atoms with Crippen molar-refractivity contribution >= 4 is 35.9 Å². The summed E-state index contributed by atoms with van der Waals surface area (Å²) in [5.74, 6) is -0.379. The van der Waals surface area contributed by atoms with Gasteiger partial charge in [0, 0.05) is 0 Å². The van der Waals surface area contributed by atoms with Crippen LogP contribution in [0.1, 0.15) is 64.2 Å². The molecule has 2 aliphatic rings. The first-order valence-corrected chi connectivity index (χ1v) is 13.2. The van der Waals surface area contributed by atoms with Crippen LogP contribution in [0.3, 0.4) is 0 Å². The minimum atomic E-state index is -3.50. The third kappa shape index (κ3) is 6.94. The maximum absolute atomic E-state index is 12.3. The Balaban J connectivity index is 1.84. The fraction of sp³-hybridized carbons (Fsp3) is 1.00. The standard InChI is InChI=1S/C13H24Cl2O4P2/c14-20(16,18-12-7-3-1-4-8-12)11-21(15,17)19-13-9-5-2-6-10-13/h12-13H,1-11H2. The van der Waals surface area contributed by atoms with Gasteiger partial charge in [0.2, 0.25) is 0 Å². The fourth-order valence-corrected chi connectivity index (χ4v) is 10.2. The molecule has 2 aliphatic carbocycles. The predicted molar refractivity (Wildman–Crippen MR) is 87.7 cm³/mol. The molecule has 0 aromatic carbocycles. The van der Waals surface area contributed by atoms with Crippen LogP contribution in [-0.4, -0.2) is 18.1 Å². The first-order chi connectivity index (χ1) is 9.86. The van der Waals surface area contributed by atoms with Crippen LogP contribution in [0.25, 0.3) is 0 Å². The van der Waals surface area contributed by atoms with Gasteiger partial charge in [0.1, 0.15) is 5.90 Å². The van der Waals surface area contributed by atoms with Gasteiger partial charge in [0.25, 0.3) is 0 Å². The predicted octanol–water partition coefficient (Wildman–Crippen LogP) is 6.51. The Morgan fingerprint density at radius 3 is 1.38 bits per heavy atom. The molecule has 0 aliphatic heterocycles. The molecule has 21 heavy (non-hydrogen) atoms. The van der Waals surface area contributed by atoms with Crippen LogP contribution in [0.4, 0.5) is 0 Å². The molecule has 8 heteroatoms. The summed E-state index contributed by atoms with van der Waals surface area (Å²) in [6, 6.07) is 0. The Morgan fingerprint density at radius 1 is 0.714 bits per heavy atom. The minimum Gasteiger partial charge on any atom is -0.314 e. The van der Waals surface area contributed by atoms with Crippen LogP contribution in [0, 0.1) is 0 Å². The molecule has 0 amide bonds. The Kier molecular flexibility index (Phi) is 7.12. The highest BCUT2D eigenvalue weighted by molar-refractivity contribution is 7.99. The van der Waals surface area contributed by atoms with Gasteiger partial charge in [-0.2, -0.15) is 0 Å². The van der Waals surface area contributed by atoms with E-state index in [1.54, 1.807) is 0 Å². The Bertz CT molecular complexity index is 382. The van der Waals surface area contributed by atoms with Crippen molar-refractivity contribution < 1.29 is 18.2 Å². The fourth-order valence-electron chi connectivity index (χ4n) is 3.05. The Morgan fingerprint density at radius 2 is 1.05 bits per heavy atom. The van der Waals surface area contributed by atoms with Crippen molar-refractivity contribution in [3.8, 4) is 0 Å². The first kappa shape index (κ1) is 18.3. The number of hydrogen-bond acceptors (Lipinski definition) is 4. The van der Waals surface area contributed by atoms with Gasteiger partial charge in [-0.3, -0.25) is 9.13 Å². The van der Waals surface area contributed by atoms with E-state index in [1.807, 2.05) is 0 Å². The smallest absolute Gasteiger partial charge is 0.301 e. The van der Waals surface area contributed by atoms with E-state index < -0.39 is 13.4 Å². The Hall–Kier alpha value is 0.960. The molecule has 0 aromatic rings. The van der Waals surface area contributed by atoms with E-state index in [4.69, 9.17) is 31.5 Å². The summed E-state index contributed by atoms with van der Waals surface area (Å²) in [5, 5.41) is 0. The van der Waals surface area contributed by atoms with Gasteiger partial charge in [-0.1, -0.05) is 38.5 Å². The molecule has 0 aromatic heterocycles. The zero-order chi connectivity index (χ0) is 15.3. The second-order valence-corrected chi connectivity index (χ2v) is 13.1. The summed E-state index contributed by atoms with van der Waals surface area (Å²) < 4.78 is 35.7. The van der Waals surface area contributed by atoms with E-state index in [2.05, 4.69) is 0 Å². The largest absolute Gasteiger partial charge is 0.314 e. The summed E-state index contributed by atoms with van der Waals surface area (Å²) in [4.78, 5) is 0. The second-order valence-electron chi connectivity index (χ2n) is 6.05. The monoisotopic (exact) mass is 376 g/mol. The molecule has 2 saturated carbocycles. The molecular weight excluding hydrogens is 353 g/mol. The van der Waals surface area contributed by atoms with Crippen LogP contribution >= 0.6 is 35.9 Å². The summed E-state index contributed by atoms with van der Waals surface area (Å²) in [6.07, 6.45) is 9.77. The Labute approximate surface area is 136 Å². The highest BCUT2D eigenvalue weighted by Crippen LogP contribution is 2.69. The van der Waals surface area contributed by atoms with Crippen LogP contribution in [0.5, 0.6) is 0 Å². The number of hydrogen-bond donors (Lipinski definition) is 0. The molecule has 2 fully saturated rings. The lowest BCUT2D eigenvalue weighted by Gasteiger charge is -2.27. The molecule has 124 valence electrons. The van der Waals surface area contributed by atoms with Gasteiger partial charge in [0.05, 0.1) is 12.2 Å². The second kappa shape index (κ2) is 8.18. The molecular formula is C13H24Cl2O4P2. The van der Waals surface area contributed by atoms with Crippen molar-refractivity contribution in [1.29, 1.82) is 0 Å². The van der Waals surface area contributed by atoms with Crippen molar-refractivity contribution in [2.24, 2.45) is 0 Å². The third-order valence-electron chi connectivity index (χ3n) is 4.06. The van der Waals surface area contributed by atoms with E-state index in [1.165, 1.54) is 12.8 Å². The van der Waals surface area contributed by atoms with E-state index in [9.17, 15) is 9.13 Å². The zero-order valence-electron chi connectivity index (χ0n) is 12.2. The summed E-state index contributed by atoms with van der Waals surface area (Å²) >= 11 is 11.9. The summed E-state index contributed by atoms with van der Waals surface area (Å²) in [5.41, 5.74) is 0. The van der Waals surface area contributed by atoms with Gasteiger partial charge in [-0.15, -0.1) is 0 Å². The van der Waals surface area contributed by atoms with Crippen LogP contribution in [0.2, 0.25) is 0 Å². The lowest BCUT2D eigenvalue weighted by molar-refractivity contribution is 0.158. The van der Waals surface area contributed by atoms with E-state index in [0.717, 1.165) is 51.4 Å². The van der Waals surface area contributed by atoms with Gasteiger partial charge in [0.15, 0.2) is 0 Å². The molecule has 0 radical (unpaired) electrons. The highest BCUT2D eigenvalue weighted by atomic mass is 35.7. The summed E-state index contributed by atoms with van der Waals surface area (Å²) in [7, 11) is 0. The lowest BCUT2D eigenvalue weighted by Crippen LogP contribution is -2.16. The molecule has 0 spiro atoms. The minimum absolute atomic E-state index is 0.103. The van der Waals surface area contributed by atoms with Crippen molar-refractivity contribution in [1.82, 2.24) is 0 Å². The zero-order valence-corrected chi connectivity index (χ0v) is 15.5. The normalized spacial score (nSPS) is 27.9. The molecule has 0 bridgehead atoms. The van der Waals surface area contributed by atoms with Crippen LogP contribution in [0.15, 0.2) is 0 Å². The van der Waals surface area contributed by atoms with Crippen LogP contribution < -0.4 is 0 Å². The maximum Gasteiger partial charge on any atom is 0.301 e. The van der Waals surface area contributed by atoms with Gasteiger partial charge in [-0.05, 0) is 48.2 Å². The quantitative estimate of drug-likeness (QED) is 0.496. The average Bonchev–Trinajstić information content (AvgIpc) is 2.38. The third-order valence-corrected chi connectivity index (χ3v) is 10.4. The summed E-state index contributed by atoms with van der Waals surface area (Å²) in [6.45, 7) is -7.00. The van der Waals surface area contributed by atoms with Crippen molar-refractivity contribution in [3.05, 3.63) is 0 Å². The van der Waals surface area contributed by atoms with E-state index in [-0.39, 0.29) is 18.1 Å². The molecule has 4 nitrogen and oxygen atoms in total. The van der Waals surface area contributed by atoms with Crippen molar-refractivity contribution in [2.75, 3.05) is 5.90 Å². The maximum atomic E-state index is 12.3. The average molecular weight is 377 g/mol. The van der Waals surface area contributed by atoms with Gasteiger partial charge < -0.3 is 9.05 Å². The highest BCUT2D eigenvalue weighted by Gasteiger charge is 2.37. The van der Waals surface area contributed by atoms with Crippen molar-refractivity contribution in [3.63, 3.8) is 0 Å².